The first-order valence-corrected chi connectivity index (χ1v) is 10.2. The molecule has 7 nitrogen and oxygen atoms in total. The number of hydrogen-bond donors (Lipinski definition) is 1. The number of hydrogen-bond acceptors (Lipinski definition) is 7. The van der Waals surface area contributed by atoms with Crippen LogP contribution in [0, 0.1) is 6.92 Å². The molecule has 1 fully saturated rings. The normalized spacial score (nSPS) is 15.2. The molecule has 3 heterocycles. The van der Waals surface area contributed by atoms with Gasteiger partial charge in [-0.1, -0.05) is 23.0 Å². The summed E-state index contributed by atoms with van der Waals surface area (Å²) in [5, 5.41) is 17.9. The number of thioether (sulfide) groups is 1. The molecule has 4 rings (SSSR count). The Labute approximate surface area is 159 Å². The largest absolute Gasteiger partial charge is 0.360 e. The van der Waals surface area contributed by atoms with E-state index in [9.17, 15) is 4.79 Å². The van der Waals surface area contributed by atoms with Crippen LogP contribution >= 0.6 is 23.1 Å². The number of aryl methyl sites for hydroxylation is 1. The number of nitrogens with one attached hydrogen (secondary N) is 1. The van der Waals surface area contributed by atoms with Gasteiger partial charge in [-0.3, -0.25) is 4.79 Å². The second kappa shape index (κ2) is 7.24. The van der Waals surface area contributed by atoms with E-state index in [-0.39, 0.29) is 11.2 Å². The lowest BCUT2D eigenvalue weighted by Crippen LogP contribution is -2.23. The van der Waals surface area contributed by atoms with Gasteiger partial charge in [0.05, 0.1) is 5.25 Å². The standard InChI is InChI=1S/C17H19N5O2S2/c1-10-8-14(21-24-10)18-16(23)11(2)26-17-20-19-15(22(17)12-5-6-12)9-13-4-3-7-25-13/h3-4,7-8,11-12H,5-6,9H2,1-2H3,(H,18,21,23)/t11-/m0/s1. The topological polar surface area (TPSA) is 85.8 Å². The number of anilines is 1. The van der Waals surface area contributed by atoms with Gasteiger partial charge >= 0.3 is 0 Å². The van der Waals surface area contributed by atoms with Crippen molar-refractivity contribution in [2.24, 2.45) is 0 Å². The monoisotopic (exact) mass is 389 g/mol. The van der Waals surface area contributed by atoms with Crippen LogP contribution in [0.5, 0.6) is 0 Å². The first-order valence-electron chi connectivity index (χ1n) is 8.47. The lowest BCUT2D eigenvalue weighted by molar-refractivity contribution is -0.115. The predicted molar refractivity (Wildman–Crippen MR) is 101 cm³/mol. The van der Waals surface area contributed by atoms with Crippen molar-refractivity contribution in [3.8, 4) is 0 Å². The van der Waals surface area contributed by atoms with Crippen molar-refractivity contribution in [2.75, 3.05) is 5.32 Å². The van der Waals surface area contributed by atoms with Crippen molar-refractivity contribution >= 4 is 34.8 Å². The summed E-state index contributed by atoms with van der Waals surface area (Å²) in [7, 11) is 0. The Kier molecular flexibility index (Phi) is 4.82. The maximum Gasteiger partial charge on any atom is 0.238 e. The Hall–Kier alpha value is -2.13. The first kappa shape index (κ1) is 17.3. The number of aromatic nitrogens is 4. The van der Waals surface area contributed by atoms with Crippen LogP contribution in [-0.2, 0) is 11.2 Å². The molecule has 0 unspecified atom stereocenters. The highest BCUT2D eigenvalue weighted by Gasteiger charge is 2.31. The van der Waals surface area contributed by atoms with Crippen molar-refractivity contribution in [3.05, 3.63) is 40.0 Å². The molecule has 3 aromatic heterocycles. The van der Waals surface area contributed by atoms with Crippen molar-refractivity contribution in [1.82, 2.24) is 19.9 Å². The molecule has 1 aliphatic carbocycles. The minimum atomic E-state index is -0.316. The fourth-order valence-corrected chi connectivity index (χ4v) is 4.28. The molecule has 3 aromatic rings. The van der Waals surface area contributed by atoms with E-state index in [1.807, 2.05) is 13.0 Å². The molecule has 1 N–H and O–H groups in total. The smallest absolute Gasteiger partial charge is 0.238 e. The van der Waals surface area contributed by atoms with E-state index in [4.69, 9.17) is 4.52 Å². The van der Waals surface area contributed by atoms with E-state index in [2.05, 4.69) is 36.7 Å². The summed E-state index contributed by atoms with van der Waals surface area (Å²) in [6, 6.07) is 6.31. The van der Waals surface area contributed by atoms with Gasteiger partial charge in [-0.15, -0.1) is 21.5 Å². The third kappa shape index (κ3) is 3.83. The Morgan fingerprint density at radius 2 is 2.35 bits per heavy atom. The molecule has 1 amide bonds. The molecule has 0 saturated heterocycles. The molecule has 26 heavy (non-hydrogen) atoms. The molecule has 0 bridgehead atoms. The number of nitrogens with zero attached hydrogens (tertiary/aromatic N) is 4. The summed E-state index contributed by atoms with van der Waals surface area (Å²) in [4.78, 5) is 13.7. The lowest BCUT2D eigenvalue weighted by Gasteiger charge is -2.12. The van der Waals surface area contributed by atoms with Gasteiger partial charge in [0.1, 0.15) is 11.6 Å². The van der Waals surface area contributed by atoms with Crippen LogP contribution in [0.25, 0.3) is 0 Å². The second-order valence-corrected chi connectivity index (χ2v) is 8.67. The molecule has 1 aliphatic rings. The quantitative estimate of drug-likeness (QED) is 0.621. The molecule has 136 valence electrons. The predicted octanol–water partition coefficient (Wildman–Crippen LogP) is 3.68. The van der Waals surface area contributed by atoms with Crippen LogP contribution in [-0.4, -0.2) is 31.1 Å². The fourth-order valence-electron chi connectivity index (χ4n) is 2.64. The lowest BCUT2D eigenvalue weighted by atomic mass is 10.3. The highest BCUT2D eigenvalue weighted by molar-refractivity contribution is 8.00. The van der Waals surface area contributed by atoms with Crippen molar-refractivity contribution in [1.29, 1.82) is 0 Å². The number of rotatable bonds is 7. The molecule has 1 saturated carbocycles. The molecule has 0 aliphatic heterocycles. The van der Waals surface area contributed by atoms with Gasteiger partial charge in [0, 0.05) is 23.4 Å². The third-order valence-corrected chi connectivity index (χ3v) is 6.02. The SMILES string of the molecule is Cc1cc(NC(=O)[C@H](C)Sc2nnc(Cc3cccs3)n2C2CC2)no1. The molecule has 0 aromatic carbocycles. The van der Waals surface area contributed by atoms with E-state index in [1.165, 1.54) is 16.6 Å². The van der Waals surface area contributed by atoms with E-state index in [0.29, 0.717) is 17.6 Å². The summed E-state index contributed by atoms with van der Waals surface area (Å²) in [5.74, 6) is 1.93. The molecule has 1 atom stereocenters. The van der Waals surface area contributed by atoms with Crippen LogP contribution in [0.3, 0.4) is 0 Å². The highest BCUT2D eigenvalue weighted by atomic mass is 32.2. The minimum absolute atomic E-state index is 0.131. The zero-order chi connectivity index (χ0) is 18.1. The van der Waals surface area contributed by atoms with Crippen molar-refractivity contribution in [2.45, 2.75) is 49.6 Å². The van der Waals surface area contributed by atoms with Crippen LogP contribution in [0.15, 0.2) is 33.3 Å². The van der Waals surface area contributed by atoms with Crippen LogP contribution < -0.4 is 5.32 Å². The Balaban J connectivity index is 1.47. The van der Waals surface area contributed by atoms with Crippen LogP contribution in [0.2, 0.25) is 0 Å². The van der Waals surface area contributed by atoms with Crippen LogP contribution in [0.1, 0.15) is 42.3 Å². The van der Waals surface area contributed by atoms with Crippen molar-refractivity contribution < 1.29 is 9.32 Å². The average molecular weight is 390 g/mol. The first-order chi connectivity index (χ1) is 12.6. The van der Waals surface area contributed by atoms with E-state index >= 15 is 0 Å². The average Bonchev–Trinajstić information content (AvgIpc) is 2.98. The van der Waals surface area contributed by atoms with Gasteiger partial charge in [0.15, 0.2) is 11.0 Å². The maximum atomic E-state index is 12.4. The third-order valence-electron chi connectivity index (χ3n) is 4.09. The Bertz CT molecular complexity index is 898. The summed E-state index contributed by atoms with van der Waals surface area (Å²) in [6.45, 7) is 3.64. The maximum absolute atomic E-state index is 12.4. The molecule has 9 heteroatoms. The van der Waals surface area contributed by atoms with Gasteiger partial charge in [-0.05, 0) is 38.1 Å². The van der Waals surface area contributed by atoms with Crippen molar-refractivity contribution in [3.63, 3.8) is 0 Å². The van der Waals surface area contributed by atoms with Gasteiger partial charge in [-0.2, -0.15) is 0 Å². The highest BCUT2D eigenvalue weighted by Crippen LogP contribution is 2.40. The number of thiophene rings is 1. The Morgan fingerprint density at radius 3 is 3.00 bits per heavy atom. The summed E-state index contributed by atoms with van der Waals surface area (Å²) in [6.07, 6.45) is 3.06. The van der Waals surface area contributed by atoms with E-state index in [1.54, 1.807) is 24.3 Å². The molecular formula is C17H19N5O2S2. The van der Waals surface area contributed by atoms with Gasteiger partial charge in [0.25, 0.3) is 0 Å². The second-order valence-electron chi connectivity index (χ2n) is 6.33. The Morgan fingerprint density at radius 1 is 1.50 bits per heavy atom. The number of carbonyl (C=O) groups excluding carboxylic acids is 1. The summed E-state index contributed by atoms with van der Waals surface area (Å²) in [5.41, 5.74) is 0. The molecular weight excluding hydrogens is 370 g/mol. The number of amides is 1. The van der Waals surface area contributed by atoms with Crippen LogP contribution in [0.4, 0.5) is 5.82 Å². The summed E-state index contributed by atoms with van der Waals surface area (Å²) >= 11 is 3.15. The van der Waals surface area contributed by atoms with Gasteiger partial charge < -0.3 is 14.4 Å². The summed E-state index contributed by atoms with van der Waals surface area (Å²) < 4.78 is 7.18. The zero-order valence-electron chi connectivity index (χ0n) is 14.5. The zero-order valence-corrected chi connectivity index (χ0v) is 16.1. The van der Waals surface area contributed by atoms with E-state index < -0.39 is 0 Å². The molecule has 0 radical (unpaired) electrons. The number of carbonyl (C=O) groups is 1. The van der Waals surface area contributed by atoms with E-state index in [0.717, 1.165) is 30.2 Å². The minimum Gasteiger partial charge on any atom is -0.360 e. The fraction of sp³-hybridized carbons (Fsp3) is 0.412. The molecule has 0 spiro atoms. The van der Waals surface area contributed by atoms with Gasteiger partial charge in [0.2, 0.25) is 5.91 Å². The van der Waals surface area contributed by atoms with Gasteiger partial charge in [-0.25, -0.2) is 0 Å².